The fraction of sp³-hybridized carbons (Fsp3) is 0.333. The van der Waals surface area contributed by atoms with Crippen molar-refractivity contribution in [1.82, 2.24) is 4.98 Å². The summed E-state index contributed by atoms with van der Waals surface area (Å²) in [5.74, 6) is -0.905. The summed E-state index contributed by atoms with van der Waals surface area (Å²) in [6.07, 6.45) is 1.77. The lowest BCUT2D eigenvalue weighted by Gasteiger charge is -2.06. The number of aliphatic carboxylic acids is 1. The van der Waals surface area contributed by atoms with Crippen molar-refractivity contribution in [3.05, 3.63) is 42.1 Å². The molecule has 1 fully saturated rings. The van der Waals surface area contributed by atoms with Crippen molar-refractivity contribution in [3.63, 3.8) is 0 Å². The predicted octanol–water partition coefficient (Wildman–Crippen LogP) is 3.06. The van der Waals surface area contributed by atoms with Crippen LogP contribution in [0.4, 0.5) is 0 Å². The highest BCUT2D eigenvalue weighted by Gasteiger charge is 2.62. The van der Waals surface area contributed by atoms with Gasteiger partial charge in [-0.05, 0) is 23.1 Å². The Morgan fingerprint density at radius 3 is 2.67 bits per heavy atom. The molecule has 1 aliphatic carbocycles. The van der Waals surface area contributed by atoms with Crippen LogP contribution in [-0.4, -0.2) is 16.1 Å². The van der Waals surface area contributed by atoms with Crippen molar-refractivity contribution < 1.29 is 9.90 Å². The number of fused-ring (bicyclic) bond motifs is 1. The average Bonchev–Trinajstić information content (AvgIpc) is 2.91. The maximum Gasteiger partial charge on any atom is 0.307 e. The van der Waals surface area contributed by atoms with Crippen LogP contribution in [0.5, 0.6) is 0 Å². The van der Waals surface area contributed by atoms with Gasteiger partial charge in [0.05, 0.1) is 11.4 Å². The molecule has 1 N–H and O–H groups in total. The number of carbonyl (C=O) groups is 1. The normalized spacial score (nSPS) is 25.0. The molecule has 1 aromatic heterocycles. The molecule has 92 valence electrons. The molecule has 2 aromatic rings. The molecule has 1 saturated carbocycles. The summed E-state index contributed by atoms with van der Waals surface area (Å²) in [5, 5.41) is 10.3. The summed E-state index contributed by atoms with van der Waals surface area (Å²) in [7, 11) is 0. The van der Waals surface area contributed by atoms with Crippen LogP contribution in [0.2, 0.25) is 0 Å². The van der Waals surface area contributed by atoms with Crippen LogP contribution < -0.4 is 0 Å². The van der Waals surface area contributed by atoms with Gasteiger partial charge in [0.15, 0.2) is 0 Å². The van der Waals surface area contributed by atoms with Crippen LogP contribution in [0.1, 0.15) is 25.3 Å². The van der Waals surface area contributed by atoms with Gasteiger partial charge in [0.1, 0.15) is 0 Å². The Morgan fingerprint density at radius 2 is 2.00 bits per heavy atom. The molecule has 3 heteroatoms. The van der Waals surface area contributed by atoms with E-state index in [-0.39, 0.29) is 17.3 Å². The molecule has 1 aromatic carbocycles. The topological polar surface area (TPSA) is 50.2 Å². The number of para-hydroxylation sites is 1. The zero-order chi connectivity index (χ0) is 12.9. The zero-order valence-electron chi connectivity index (χ0n) is 10.4. The first-order valence-corrected chi connectivity index (χ1v) is 6.10. The van der Waals surface area contributed by atoms with E-state index in [1.54, 1.807) is 6.20 Å². The summed E-state index contributed by atoms with van der Waals surface area (Å²) in [5.41, 5.74) is 1.87. The first-order chi connectivity index (χ1) is 8.53. The van der Waals surface area contributed by atoms with Crippen LogP contribution in [0, 0.1) is 11.3 Å². The minimum absolute atomic E-state index is 0.0860. The summed E-state index contributed by atoms with van der Waals surface area (Å²) >= 11 is 0. The van der Waals surface area contributed by atoms with Gasteiger partial charge in [0, 0.05) is 17.5 Å². The summed E-state index contributed by atoms with van der Waals surface area (Å²) in [6.45, 7) is 4.04. The number of pyridine rings is 1. The van der Waals surface area contributed by atoms with Gasteiger partial charge in [0.25, 0.3) is 0 Å². The Morgan fingerprint density at radius 1 is 1.28 bits per heavy atom. The van der Waals surface area contributed by atoms with Gasteiger partial charge in [-0.3, -0.25) is 9.78 Å². The average molecular weight is 241 g/mol. The van der Waals surface area contributed by atoms with E-state index in [1.165, 1.54) is 0 Å². The molecule has 2 atom stereocenters. The van der Waals surface area contributed by atoms with Crippen molar-refractivity contribution in [3.8, 4) is 0 Å². The van der Waals surface area contributed by atoms with Crippen molar-refractivity contribution in [2.24, 2.45) is 11.3 Å². The van der Waals surface area contributed by atoms with E-state index in [2.05, 4.69) is 4.98 Å². The maximum absolute atomic E-state index is 11.3. The Kier molecular flexibility index (Phi) is 2.21. The number of hydrogen-bond donors (Lipinski definition) is 1. The van der Waals surface area contributed by atoms with Gasteiger partial charge in [-0.25, -0.2) is 0 Å². The second kappa shape index (κ2) is 3.55. The molecular formula is C15H15NO2. The van der Waals surface area contributed by atoms with Gasteiger partial charge >= 0.3 is 5.97 Å². The molecule has 3 rings (SSSR count). The highest BCUT2D eigenvalue weighted by Crippen LogP contribution is 2.65. The first kappa shape index (κ1) is 11.2. The summed E-state index contributed by atoms with van der Waals surface area (Å²) in [4.78, 5) is 15.6. The van der Waals surface area contributed by atoms with Crippen molar-refractivity contribution in [1.29, 1.82) is 0 Å². The molecule has 0 amide bonds. The highest BCUT2D eigenvalue weighted by atomic mass is 16.4. The number of rotatable bonds is 2. The second-order valence-corrected chi connectivity index (χ2v) is 5.53. The van der Waals surface area contributed by atoms with E-state index in [0.717, 1.165) is 16.5 Å². The largest absolute Gasteiger partial charge is 0.481 e. The SMILES string of the molecule is CC1(C)C(C(=O)O)C1c1ccnc2ccccc12. The minimum atomic E-state index is -0.703. The monoisotopic (exact) mass is 241 g/mol. The molecule has 0 spiro atoms. The third kappa shape index (κ3) is 1.43. The minimum Gasteiger partial charge on any atom is -0.481 e. The third-order valence-corrected chi connectivity index (χ3v) is 4.11. The van der Waals surface area contributed by atoms with Crippen LogP contribution in [-0.2, 0) is 4.79 Å². The van der Waals surface area contributed by atoms with Crippen molar-refractivity contribution in [2.75, 3.05) is 0 Å². The Labute approximate surface area is 105 Å². The molecule has 3 nitrogen and oxygen atoms in total. The molecule has 0 radical (unpaired) electrons. The lowest BCUT2D eigenvalue weighted by Crippen LogP contribution is -2.03. The number of benzene rings is 1. The Balaban J connectivity index is 2.14. The molecule has 0 saturated heterocycles. The van der Waals surface area contributed by atoms with Gasteiger partial charge in [-0.2, -0.15) is 0 Å². The van der Waals surface area contributed by atoms with Gasteiger partial charge in [0.2, 0.25) is 0 Å². The third-order valence-electron chi connectivity index (χ3n) is 4.11. The Bertz CT molecular complexity index is 628. The summed E-state index contributed by atoms with van der Waals surface area (Å²) in [6, 6.07) is 9.86. The molecular weight excluding hydrogens is 226 g/mol. The lowest BCUT2D eigenvalue weighted by atomic mass is 10.00. The van der Waals surface area contributed by atoms with E-state index in [9.17, 15) is 9.90 Å². The van der Waals surface area contributed by atoms with Gasteiger partial charge in [-0.1, -0.05) is 32.0 Å². The smallest absolute Gasteiger partial charge is 0.307 e. The number of nitrogens with zero attached hydrogens (tertiary/aromatic N) is 1. The lowest BCUT2D eigenvalue weighted by molar-refractivity contribution is -0.139. The molecule has 18 heavy (non-hydrogen) atoms. The van der Waals surface area contributed by atoms with E-state index in [4.69, 9.17) is 0 Å². The number of aromatic nitrogens is 1. The molecule has 0 bridgehead atoms. The van der Waals surface area contributed by atoms with Gasteiger partial charge in [-0.15, -0.1) is 0 Å². The highest BCUT2D eigenvalue weighted by molar-refractivity contribution is 5.86. The zero-order valence-corrected chi connectivity index (χ0v) is 10.4. The van der Waals surface area contributed by atoms with Crippen LogP contribution in [0.25, 0.3) is 10.9 Å². The quantitative estimate of drug-likeness (QED) is 0.879. The Hall–Kier alpha value is -1.90. The molecule has 1 heterocycles. The number of carboxylic acid groups (broad SMARTS) is 1. The fourth-order valence-corrected chi connectivity index (χ4v) is 3.07. The maximum atomic E-state index is 11.3. The van der Waals surface area contributed by atoms with Crippen LogP contribution in [0.15, 0.2) is 36.5 Å². The second-order valence-electron chi connectivity index (χ2n) is 5.53. The van der Waals surface area contributed by atoms with E-state index < -0.39 is 5.97 Å². The van der Waals surface area contributed by atoms with Crippen LogP contribution in [0.3, 0.4) is 0 Å². The van der Waals surface area contributed by atoms with Gasteiger partial charge < -0.3 is 5.11 Å². The van der Waals surface area contributed by atoms with E-state index >= 15 is 0 Å². The van der Waals surface area contributed by atoms with E-state index in [1.807, 2.05) is 44.2 Å². The number of hydrogen-bond acceptors (Lipinski definition) is 2. The fourth-order valence-electron chi connectivity index (χ4n) is 3.07. The number of carboxylic acids is 1. The van der Waals surface area contributed by atoms with E-state index in [0.29, 0.717) is 0 Å². The first-order valence-electron chi connectivity index (χ1n) is 6.10. The van der Waals surface area contributed by atoms with Crippen molar-refractivity contribution in [2.45, 2.75) is 19.8 Å². The predicted molar refractivity (Wildman–Crippen MR) is 69.4 cm³/mol. The van der Waals surface area contributed by atoms with Crippen LogP contribution >= 0.6 is 0 Å². The van der Waals surface area contributed by atoms with Crippen molar-refractivity contribution >= 4 is 16.9 Å². The molecule has 1 aliphatic rings. The standard InChI is InChI=1S/C15H15NO2/c1-15(2)12(13(15)14(17)18)10-7-8-16-11-6-4-3-5-9(10)11/h3-8,12-13H,1-2H3,(H,17,18). The molecule has 0 aliphatic heterocycles. The molecule has 2 unspecified atom stereocenters. The summed E-state index contributed by atoms with van der Waals surface area (Å²) < 4.78 is 0.